The Morgan fingerprint density at radius 3 is 2.29 bits per heavy atom. The van der Waals surface area contributed by atoms with E-state index in [4.69, 9.17) is 9.47 Å². The maximum Gasteiger partial charge on any atom is 0.112 e. The van der Waals surface area contributed by atoms with Crippen molar-refractivity contribution in [1.29, 1.82) is 0 Å². The molecule has 0 aliphatic carbocycles. The van der Waals surface area contributed by atoms with Crippen molar-refractivity contribution in [2.75, 3.05) is 6.61 Å². The minimum atomic E-state index is 0.458. The van der Waals surface area contributed by atoms with Gasteiger partial charge < -0.3 is 9.47 Å². The Hall–Kier alpha value is -0.0800. The van der Waals surface area contributed by atoms with Crippen LogP contribution in [0.1, 0.15) is 6.92 Å². The van der Waals surface area contributed by atoms with Crippen LogP contribution in [0.3, 0.4) is 0 Å². The third kappa shape index (κ3) is 0.545. The van der Waals surface area contributed by atoms with Gasteiger partial charge in [-0.05, 0) is 6.92 Å². The van der Waals surface area contributed by atoms with E-state index >= 15 is 0 Å². The maximum absolute atomic E-state index is 5.12. The summed E-state index contributed by atoms with van der Waals surface area (Å²) in [5.41, 5.74) is 0. The molecule has 0 amide bonds. The summed E-state index contributed by atoms with van der Waals surface area (Å²) in [7, 11) is 0. The highest BCUT2D eigenvalue weighted by atomic mass is 16.7. The zero-order chi connectivity index (χ0) is 4.85. The lowest BCUT2D eigenvalue weighted by Gasteiger charge is -1.73. The Morgan fingerprint density at radius 1 is 1.57 bits per heavy atom. The molecular weight excluding hydrogens is 92.1 g/mol. The molecule has 2 saturated heterocycles. The second-order valence-corrected chi connectivity index (χ2v) is 2.18. The van der Waals surface area contributed by atoms with Crippen molar-refractivity contribution < 1.29 is 9.47 Å². The Morgan fingerprint density at radius 2 is 2.14 bits per heavy atom. The van der Waals surface area contributed by atoms with Crippen molar-refractivity contribution in [3.05, 3.63) is 0 Å². The lowest BCUT2D eigenvalue weighted by molar-refractivity contribution is 0.318. The minimum Gasteiger partial charge on any atom is -0.370 e. The van der Waals surface area contributed by atoms with Crippen molar-refractivity contribution in [2.24, 2.45) is 0 Å². The quantitative estimate of drug-likeness (QED) is 0.439. The van der Waals surface area contributed by atoms with Gasteiger partial charge in [0, 0.05) is 0 Å². The van der Waals surface area contributed by atoms with Crippen LogP contribution >= 0.6 is 0 Å². The highest BCUT2D eigenvalue weighted by Gasteiger charge is 2.48. The standard InChI is InChI=1S/C5H8O2/c1-3-5(7-3)4-2-6-4/h3-5H,2H2,1H3. The number of hydrogen-bond acceptors (Lipinski definition) is 2. The van der Waals surface area contributed by atoms with Gasteiger partial charge in [-0.25, -0.2) is 0 Å². The Balaban J connectivity index is 1.88. The summed E-state index contributed by atoms with van der Waals surface area (Å²) in [5.74, 6) is 0. The summed E-state index contributed by atoms with van der Waals surface area (Å²) >= 11 is 0. The van der Waals surface area contributed by atoms with Crippen molar-refractivity contribution in [3.63, 3.8) is 0 Å². The zero-order valence-corrected chi connectivity index (χ0v) is 4.26. The van der Waals surface area contributed by atoms with Crippen LogP contribution in [0.25, 0.3) is 0 Å². The van der Waals surface area contributed by atoms with Crippen LogP contribution in [0.5, 0.6) is 0 Å². The van der Waals surface area contributed by atoms with Gasteiger partial charge >= 0.3 is 0 Å². The molecule has 3 unspecified atom stereocenters. The largest absolute Gasteiger partial charge is 0.370 e. The van der Waals surface area contributed by atoms with Crippen LogP contribution in [0.4, 0.5) is 0 Å². The van der Waals surface area contributed by atoms with Crippen LogP contribution in [0.2, 0.25) is 0 Å². The molecule has 0 saturated carbocycles. The van der Waals surface area contributed by atoms with Crippen LogP contribution in [-0.2, 0) is 9.47 Å². The molecular formula is C5H8O2. The summed E-state index contributed by atoms with van der Waals surface area (Å²) in [4.78, 5) is 0. The third-order valence-corrected chi connectivity index (χ3v) is 1.48. The van der Waals surface area contributed by atoms with E-state index in [-0.39, 0.29) is 0 Å². The van der Waals surface area contributed by atoms with Crippen LogP contribution in [0, 0.1) is 0 Å². The molecule has 2 rings (SSSR count). The van der Waals surface area contributed by atoms with Crippen LogP contribution in [-0.4, -0.2) is 24.9 Å². The number of rotatable bonds is 1. The summed E-state index contributed by atoms with van der Waals surface area (Å²) in [6, 6.07) is 0. The van der Waals surface area contributed by atoms with Gasteiger partial charge in [0.1, 0.15) is 12.2 Å². The molecule has 7 heavy (non-hydrogen) atoms. The molecule has 2 aliphatic heterocycles. The van der Waals surface area contributed by atoms with E-state index in [1.54, 1.807) is 0 Å². The van der Waals surface area contributed by atoms with Gasteiger partial charge in [0.05, 0.1) is 12.7 Å². The highest BCUT2D eigenvalue weighted by Crippen LogP contribution is 2.32. The average Bonchev–Trinajstić information content (AvgIpc) is 2.23. The first-order chi connectivity index (χ1) is 3.38. The van der Waals surface area contributed by atoms with Crippen molar-refractivity contribution >= 4 is 0 Å². The molecule has 2 fully saturated rings. The fourth-order valence-corrected chi connectivity index (χ4v) is 0.838. The van der Waals surface area contributed by atoms with Gasteiger partial charge in [-0.1, -0.05) is 0 Å². The molecule has 0 aromatic heterocycles. The number of epoxide rings is 2. The Labute approximate surface area is 42.4 Å². The molecule has 2 heterocycles. The van der Waals surface area contributed by atoms with Gasteiger partial charge in [0.15, 0.2) is 0 Å². The summed E-state index contributed by atoms with van der Waals surface area (Å²) < 4.78 is 10.1. The van der Waals surface area contributed by atoms with E-state index in [1.165, 1.54) is 0 Å². The van der Waals surface area contributed by atoms with E-state index in [0.717, 1.165) is 6.61 Å². The smallest absolute Gasteiger partial charge is 0.112 e. The average molecular weight is 100 g/mol. The van der Waals surface area contributed by atoms with Crippen LogP contribution in [0.15, 0.2) is 0 Å². The van der Waals surface area contributed by atoms with Crippen molar-refractivity contribution in [2.45, 2.75) is 25.2 Å². The number of ether oxygens (including phenoxy) is 2. The molecule has 3 atom stereocenters. The van der Waals surface area contributed by atoms with Gasteiger partial charge in [0.25, 0.3) is 0 Å². The summed E-state index contributed by atoms with van der Waals surface area (Å²) in [5, 5.41) is 0. The van der Waals surface area contributed by atoms with E-state index in [0.29, 0.717) is 18.3 Å². The Kier molecular flexibility index (Phi) is 0.557. The topological polar surface area (TPSA) is 25.1 Å². The van der Waals surface area contributed by atoms with E-state index in [1.807, 2.05) is 0 Å². The molecule has 2 heteroatoms. The van der Waals surface area contributed by atoms with E-state index in [9.17, 15) is 0 Å². The van der Waals surface area contributed by atoms with Crippen LogP contribution < -0.4 is 0 Å². The van der Waals surface area contributed by atoms with Gasteiger partial charge in [-0.2, -0.15) is 0 Å². The van der Waals surface area contributed by atoms with Crippen molar-refractivity contribution in [1.82, 2.24) is 0 Å². The number of hydrogen-bond donors (Lipinski definition) is 0. The molecule has 2 aliphatic rings. The second-order valence-electron chi connectivity index (χ2n) is 2.18. The predicted octanol–water partition coefficient (Wildman–Crippen LogP) is 0.172. The zero-order valence-electron chi connectivity index (χ0n) is 4.26. The summed E-state index contributed by atoms with van der Waals surface area (Å²) in [6.45, 7) is 3.00. The molecule has 0 spiro atoms. The first-order valence-corrected chi connectivity index (χ1v) is 2.65. The molecule has 0 N–H and O–H groups in total. The third-order valence-electron chi connectivity index (χ3n) is 1.48. The monoisotopic (exact) mass is 100 g/mol. The highest BCUT2D eigenvalue weighted by molar-refractivity contribution is 4.93. The Bertz CT molecular complexity index is 88.1. The minimum absolute atomic E-state index is 0.458. The summed E-state index contributed by atoms with van der Waals surface area (Å²) in [6.07, 6.45) is 1.41. The maximum atomic E-state index is 5.12. The molecule has 0 bridgehead atoms. The molecule has 40 valence electrons. The predicted molar refractivity (Wildman–Crippen MR) is 24.1 cm³/mol. The molecule has 0 aromatic rings. The molecule has 0 radical (unpaired) electrons. The SMILES string of the molecule is CC1OC1C1CO1. The fraction of sp³-hybridized carbons (Fsp3) is 1.00. The van der Waals surface area contributed by atoms with Crippen molar-refractivity contribution in [3.8, 4) is 0 Å². The normalized spacial score (nSPS) is 57.0. The van der Waals surface area contributed by atoms with Gasteiger partial charge in [-0.3, -0.25) is 0 Å². The van der Waals surface area contributed by atoms with Gasteiger partial charge in [0.2, 0.25) is 0 Å². The van der Waals surface area contributed by atoms with E-state index < -0.39 is 0 Å². The second kappa shape index (κ2) is 1.01. The molecule has 0 aromatic carbocycles. The first kappa shape index (κ1) is 3.87. The van der Waals surface area contributed by atoms with Gasteiger partial charge in [-0.15, -0.1) is 0 Å². The molecule has 2 nitrogen and oxygen atoms in total. The fourth-order valence-electron chi connectivity index (χ4n) is 0.838. The first-order valence-electron chi connectivity index (χ1n) is 2.65. The van der Waals surface area contributed by atoms with E-state index in [2.05, 4.69) is 6.92 Å². The lowest BCUT2D eigenvalue weighted by atomic mass is 10.3. The lowest BCUT2D eigenvalue weighted by Crippen LogP contribution is -1.97.